The molecule has 1 heterocycles. The Morgan fingerprint density at radius 3 is 2.56 bits per heavy atom. The van der Waals surface area contributed by atoms with E-state index in [-0.39, 0.29) is 6.04 Å². The molecule has 0 spiro atoms. The molecule has 0 radical (unpaired) electrons. The van der Waals surface area contributed by atoms with Crippen molar-refractivity contribution in [3.05, 3.63) is 0 Å². The average Bonchev–Trinajstić information content (AvgIpc) is 3.00. The van der Waals surface area contributed by atoms with Gasteiger partial charge in [0.2, 0.25) is 0 Å². The summed E-state index contributed by atoms with van der Waals surface area (Å²) in [5.41, 5.74) is 0. The molecule has 0 aromatic heterocycles. The zero-order valence-corrected chi connectivity index (χ0v) is 10.5. The predicted octanol–water partition coefficient (Wildman–Crippen LogP) is -0.0391. The van der Waals surface area contributed by atoms with Crippen LogP contribution >= 0.6 is 0 Å². The minimum Gasteiger partial charge on any atom is -0.314 e. The van der Waals surface area contributed by atoms with E-state index in [4.69, 9.17) is 0 Å². The van der Waals surface area contributed by atoms with E-state index in [1.54, 1.807) is 0 Å². The summed E-state index contributed by atoms with van der Waals surface area (Å²) < 4.78 is 28.3. The maximum Gasteiger partial charge on any atom is 0.277 e. The lowest BCUT2D eigenvalue weighted by Gasteiger charge is -2.27. The second kappa shape index (κ2) is 5.00. The molecule has 6 heteroatoms. The number of hydrogen-bond donors (Lipinski definition) is 3. The van der Waals surface area contributed by atoms with E-state index in [0.29, 0.717) is 18.5 Å². The molecule has 0 aromatic carbocycles. The van der Waals surface area contributed by atoms with Crippen molar-refractivity contribution in [2.24, 2.45) is 5.92 Å². The van der Waals surface area contributed by atoms with Gasteiger partial charge in [0.15, 0.2) is 0 Å². The van der Waals surface area contributed by atoms with E-state index >= 15 is 0 Å². The van der Waals surface area contributed by atoms with Crippen molar-refractivity contribution in [1.29, 1.82) is 0 Å². The first-order valence-electron chi connectivity index (χ1n) is 6.05. The van der Waals surface area contributed by atoms with E-state index in [1.807, 2.05) is 0 Å². The Bertz CT molecular complexity index is 319. The van der Waals surface area contributed by atoms with Gasteiger partial charge in [0.05, 0.1) is 0 Å². The van der Waals surface area contributed by atoms with E-state index < -0.39 is 10.2 Å². The van der Waals surface area contributed by atoms with Crippen LogP contribution in [0.2, 0.25) is 0 Å². The molecule has 2 fully saturated rings. The molecule has 0 aromatic rings. The van der Waals surface area contributed by atoms with Gasteiger partial charge in [-0.15, -0.1) is 0 Å². The van der Waals surface area contributed by atoms with Crippen LogP contribution in [0.1, 0.15) is 32.6 Å². The fourth-order valence-electron chi connectivity index (χ4n) is 1.92. The third kappa shape index (κ3) is 4.01. The van der Waals surface area contributed by atoms with Crippen molar-refractivity contribution < 1.29 is 8.42 Å². The van der Waals surface area contributed by atoms with Crippen molar-refractivity contribution in [2.45, 2.75) is 44.7 Å². The fourth-order valence-corrected chi connectivity index (χ4v) is 3.13. The molecule has 2 atom stereocenters. The molecule has 1 saturated carbocycles. The fraction of sp³-hybridized carbons (Fsp3) is 1.00. The second-order valence-corrected chi connectivity index (χ2v) is 6.53. The van der Waals surface area contributed by atoms with Gasteiger partial charge in [-0.3, -0.25) is 0 Å². The molecule has 3 N–H and O–H groups in total. The maximum absolute atomic E-state index is 11.5. The molecule has 94 valence electrons. The highest BCUT2D eigenvalue weighted by Gasteiger charge is 2.27. The van der Waals surface area contributed by atoms with Crippen molar-refractivity contribution in [2.75, 3.05) is 13.1 Å². The first-order valence-corrected chi connectivity index (χ1v) is 7.54. The molecule has 2 rings (SSSR count). The normalized spacial score (nSPS) is 31.6. The molecular weight excluding hydrogens is 226 g/mol. The minimum atomic E-state index is -3.26. The summed E-state index contributed by atoms with van der Waals surface area (Å²) >= 11 is 0. The van der Waals surface area contributed by atoms with Crippen LogP contribution in [0.25, 0.3) is 0 Å². The molecule has 5 nitrogen and oxygen atoms in total. The summed E-state index contributed by atoms with van der Waals surface area (Å²) in [6.45, 7) is 3.62. The quantitative estimate of drug-likeness (QED) is 0.638. The van der Waals surface area contributed by atoms with Crippen molar-refractivity contribution >= 4 is 10.2 Å². The Hall–Kier alpha value is -0.170. The van der Waals surface area contributed by atoms with Crippen LogP contribution in [0.15, 0.2) is 0 Å². The summed E-state index contributed by atoms with van der Waals surface area (Å²) in [6.07, 6.45) is 4.18. The Morgan fingerprint density at radius 2 is 2.00 bits per heavy atom. The van der Waals surface area contributed by atoms with E-state index in [9.17, 15) is 8.42 Å². The Balaban J connectivity index is 1.69. The first-order chi connectivity index (χ1) is 7.55. The molecular formula is C10H21N3O2S. The Kier molecular flexibility index (Phi) is 3.84. The van der Waals surface area contributed by atoms with Gasteiger partial charge in [-0.05, 0) is 45.1 Å². The van der Waals surface area contributed by atoms with Gasteiger partial charge in [0, 0.05) is 18.6 Å². The monoisotopic (exact) mass is 247 g/mol. The van der Waals surface area contributed by atoms with Crippen molar-refractivity contribution in [1.82, 2.24) is 14.8 Å². The number of rotatable bonds is 5. The maximum atomic E-state index is 11.5. The van der Waals surface area contributed by atoms with E-state index in [2.05, 4.69) is 21.7 Å². The molecule has 1 aliphatic heterocycles. The van der Waals surface area contributed by atoms with E-state index in [1.165, 1.54) is 0 Å². The van der Waals surface area contributed by atoms with Gasteiger partial charge in [0.1, 0.15) is 0 Å². The highest BCUT2D eigenvalue weighted by atomic mass is 32.2. The lowest BCUT2D eigenvalue weighted by atomic mass is 9.96. The molecule has 2 unspecified atom stereocenters. The Labute approximate surface area is 97.6 Å². The topological polar surface area (TPSA) is 70.2 Å². The number of hydrogen-bond acceptors (Lipinski definition) is 3. The summed E-state index contributed by atoms with van der Waals surface area (Å²) in [6, 6.07) is 0.749. The van der Waals surface area contributed by atoms with Crippen molar-refractivity contribution in [3.8, 4) is 0 Å². The third-order valence-electron chi connectivity index (χ3n) is 3.22. The second-order valence-electron chi connectivity index (χ2n) is 5.00. The molecule has 16 heavy (non-hydrogen) atoms. The van der Waals surface area contributed by atoms with Gasteiger partial charge in [-0.2, -0.15) is 13.1 Å². The highest BCUT2D eigenvalue weighted by Crippen LogP contribution is 2.19. The zero-order valence-electron chi connectivity index (χ0n) is 9.70. The summed E-state index contributed by atoms with van der Waals surface area (Å²) in [4.78, 5) is 0. The smallest absolute Gasteiger partial charge is 0.277 e. The lowest BCUT2D eigenvalue weighted by molar-refractivity contribution is 0.323. The summed E-state index contributed by atoms with van der Waals surface area (Å²) in [7, 11) is -3.26. The van der Waals surface area contributed by atoms with Crippen LogP contribution in [0, 0.1) is 5.92 Å². The van der Waals surface area contributed by atoms with Gasteiger partial charge in [-0.25, -0.2) is 4.72 Å². The van der Waals surface area contributed by atoms with Gasteiger partial charge < -0.3 is 5.32 Å². The molecule has 1 saturated heterocycles. The zero-order chi connectivity index (χ0) is 11.6. The van der Waals surface area contributed by atoms with E-state index in [0.717, 1.165) is 32.2 Å². The summed E-state index contributed by atoms with van der Waals surface area (Å²) in [5, 5.41) is 3.37. The lowest BCUT2D eigenvalue weighted by Crippen LogP contribution is -2.45. The SMILES string of the molecule is CC1CCC(CNS(=O)(=O)NC2CC2)CN1. The van der Waals surface area contributed by atoms with Crippen LogP contribution in [0.4, 0.5) is 0 Å². The largest absolute Gasteiger partial charge is 0.314 e. The minimum absolute atomic E-state index is 0.182. The van der Waals surface area contributed by atoms with Crippen LogP contribution < -0.4 is 14.8 Å². The van der Waals surface area contributed by atoms with Gasteiger partial charge in [-0.1, -0.05) is 0 Å². The number of nitrogens with one attached hydrogen (secondary N) is 3. The first kappa shape index (κ1) is 12.3. The van der Waals surface area contributed by atoms with Crippen molar-refractivity contribution in [3.63, 3.8) is 0 Å². The average molecular weight is 247 g/mol. The van der Waals surface area contributed by atoms with Crippen LogP contribution in [-0.2, 0) is 10.2 Å². The molecule has 1 aliphatic carbocycles. The standard InChI is InChI=1S/C10H21N3O2S/c1-8-2-3-9(6-11-8)7-12-16(14,15)13-10-4-5-10/h8-13H,2-7H2,1H3. The predicted molar refractivity (Wildman–Crippen MR) is 63.3 cm³/mol. The molecule has 0 amide bonds. The Morgan fingerprint density at radius 1 is 1.25 bits per heavy atom. The van der Waals surface area contributed by atoms with Crippen LogP contribution in [-0.4, -0.2) is 33.6 Å². The van der Waals surface area contributed by atoms with Crippen LogP contribution in [0.5, 0.6) is 0 Å². The molecule has 0 bridgehead atoms. The van der Waals surface area contributed by atoms with Crippen LogP contribution in [0.3, 0.4) is 0 Å². The highest BCUT2D eigenvalue weighted by molar-refractivity contribution is 7.87. The van der Waals surface area contributed by atoms with Gasteiger partial charge in [0.25, 0.3) is 10.2 Å². The third-order valence-corrected chi connectivity index (χ3v) is 4.41. The summed E-state index contributed by atoms with van der Waals surface area (Å²) in [5.74, 6) is 0.423. The number of piperidine rings is 1. The van der Waals surface area contributed by atoms with Gasteiger partial charge >= 0.3 is 0 Å². The molecule has 2 aliphatic rings.